The summed E-state index contributed by atoms with van der Waals surface area (Å²) in [5, 5.41) is 0.275. The van der Waals surface area contributed by atoms with Gasteiger partial charge in [0.2, 0.25) is 0 Å². The van der Waals surface area contributed by atoms with E-state index >= 15 is 0 Å². The molecule has 128 valence electrons. The van der Waals surface area contributed by atoms with Gasteiger partial charge in [-0.2, -0.15) is 23.7 Å². The minimum Gasteiger partial charge on any atom is -0.235 e. The summed E-state index contributed by atoms with van der Waals surface area (Å²) >= 11 is 6.04. The van der Waals surface area contributed by atoms with Crippen LogP contribution in [0.4, 0.5) is 4.39 Å². The first-order valence-corrected chi connectivity index (χ1v) is 9.86. The second-order valence-corrected chi connectivity index (χ2v) is 8.35. The minimum absolute atomic E-state index is 0. The first-order chi connectivity index (χ1) is 11.1. The molecule has 0 spiro atoms. The zero-order valence-corrected chi connectivity index (χ0v) is 21.0. The Bertz CT molecular complexity index is 503. The van der Waals surface area contributed by atoms with Crippen molar-refractivity contribution < 1.29 is 62.6 Å². The van der Waals surface area contributed by atoms with Crippen LogP contribution in [0, 0.1) is 35.6 Å². The number of hydrogen-bond donors (Lipinski definition) is 0. The van der Waals surface area contributed by atoms with Gasteiger partial charge in [-0.3, -0.25) is 0 Å². The van der Waals surface area contributed by atoms with E-state index in [1.807, 2.05) is 6.07 Å². The molecule has 0 bridgehead atoms. The predicted octanol–water partition coefficient (Wildman–Crippen LogP) is 3.85. The Morgan fingerprint density at radius 2 is 1.62 bits per heavy atom. The molecule has 1 aromatic rings. The quantitative estimate of drug-likeness (QED) is 0.648. The second kappa shape index (κ2) is 10.5. The van der Waals surface area contributed by atoms with Crippen molar-refractivity contribution in [1.29, 1.82) is 0 Å². The van der Waals surface area contributed by atoms with E-state index in [2.05, 4.69) is 13.0 Å². The van der Waals surface area contributed by atoms with E-state index in [1.54, 1.807) is 6.07 Å². The fourth-order valence-electron chi connectivity index (χ4n) is 4.75. The second-order valence-electron chi connectivity index (χ2n) is 7.97. The van der Waals surface area contributed by atoms with Crippen molar-refractivity contribution in [3.8, 4) is 0 Å². The van der Waals surface area contributed by atoms with Crippen LogP contribution in [-0.4, -0.2) is 0 Å². The largest absolute Gasteiger partial charge is 1.00 e. The SMILES string of the molecule is CC1CCC(C2CCC(CCc3cc[c-]c(F)c3Cl)CC2)CC1.[Rb+]. The Kier molecular flexibility index (Phi) is 9.47. The van der Waals surface area contributed by atoms with Gasteiger partial charge in [0.25, 0.3) is 0 Å². The molecule has 0 saturated heterocycles. The van der Waals surface area contributed by atoms with Crippen LogP contribution in [0.2, 0.25) is 5.02 Å². The average Bonchev–Trinajstić information content (AvgIpc) is 2.57. The number of halogens is 2. The van der Waals surface area contributed by atoms with Crippen LogP contribution in [0.5, 0.6) is 0 Å². The fraction of sp³-hybridized carbons (Fsp3) is 0.714. The van der Waals surface area contributed by atoms with Crippen LogP contribution < -0.4 is 58.2 Å². The molecule has 0 nitrogen and oxygen atoms in total. The zero-order chi connectivity index (χ0) is 16.2. The molecule has 0 aromatic heterocycles. The molecule has 0 aliphatic heterocycles. The summed E-state index contributed by atoms with van der Waals surface area (Å²) < 4.78 is 13.4. The minimum atomic E-state index is -0.403. The number of benzene rings is 1. The smallest absolute Gasteiger partial charge is 0.235 e. The summed E-state index contributed by atoms with van der Waals surface area (Å²) in [5.74, 6) is 3.33. The number of aryl methyl sites for hydroxylation is 1. The van der Waals surface area contributed by atoms with Gasteiger partial charge in [0, 0.05) is 5.82 Å². The van der Waals surface area contributed by atoms with E-state index in [0.29, 0.717) is 0 Å². The summed E-state index contributed by atoms with van der Waals surface area (Å²) in [6, 6.07) is 6.09. The summed E-state index contributed by atoms with van der Waals surface area (Å²) in [7, 11) is 0. The summed E-state index contributed by atoms with van der Waals surface area (Å²) in [5.41, 5.74) is 0.950. The topological polar surface area (TPSA) is 0 Å². The molecule has 0 atom stereocenters. The molecule has 0 N–H and O–H groups in total. The van der Waals surface area contributed by atoms with E-state index in [0.717, 1.165) is 42.1 Å². The van der Waals surface area contributed by atoms with E-state index < -0.39 is 5.82 Å². The van der Waals surface area contributed by atoms with Crippen molar-refractivity contribution in [2.24, 2.45) is 23.7 Å². The maximum Gasteiger partial charge on any atom is 1.00 e. The Morgan fingerprint density at radius 3 is 2.25 bits per heavy atom. The molecule has 1 aromatic carbocycles. The molecule has 2 aliphatic rings. The average molecular weight is 421 g/mol. The number of rotatable bonds is 4. The van der Waals surface area contributed by atoms with Crippen molar-refractivity contribution in [3.05, 3.63) is 34.6 Å². The van der Waals surface area contributed by atoms with Crippen LogP contribution in [-0.2, 0) is 6.42 Å². The molecule has 0 heterocycles. The molecule has 24 heavy (non-hydrogen) atoms. The van der Waals surface area contributed by atoms with Gasteiger partial charge >= 0.3 is 58.2 Å². The van der Waals surface area contributed by atoms with E-state index in [4.69, 9.17) is 11.6 Å². The molecule has 0 amide bonds. The standard InChI is InChI=1S/C21H29ClF.Rb/c1-15-5-10-17(11-6-15)18-12-7-16(8-13-18)9-14-19-3-2-4-20(23)21(19)22;/h2-3,15-18H,5-14H2,1H3;/q-1;+1. The van der Waals surface area contributed by atoms with Gasteiger partial charge < -0.3 is 0 Å². The molecule has 0 unspecified atom stereocenters. The third-order valence-corrected chi connectivity index (χ3v) is 6.82. The maximum atomic E-state index is 13.4. The van der Waals surface area contributed by atoms with Crippen molar-refractivity contribution in [1.82, 2.24) is 0 Å². The predicted molar refractivity (Wildman–Crippen MR) is 95.1 cm³/mol. The molecular formula is C21H29ClFRb. The summed E-state index contributed by atoms with van der Waals surface area (Å²) in [6.45, 7) is 2.41. The van der Waals surface area contributed by atoms with Gasteiger partial charge in [-0.1, -0.05) is 32.6 Å². The molecule has 3 rings (SSSR count). The van der Waals surface area contributed by atoms with Crippen LogP contribution >= 0.6 is 11.6 Å². The van der Waals surface area contributed by atoms with E-state index in [1.165, 1.54) is 51.4 Å². The molecule has 3 heteroatoms. The van der Waals surface area contributed by atoms with E-state index in [-0.39, 0.29) is 63.2 Å². The van der Waals surface area contributed by atoms with Crippen molar-refractivity contribution in [3.63, 3.8) is 0 Å². The molecule has 2 fully saturated rings. The van der Waals surface area contributed by atoms with Crippen LogP contribution in [0.25, 0.3) is 0 Å². The van der Waals surface area contributed by atoms with Gasteiger partial charge in [0.1, 0.15) is 0 Å². The Hall–Kier alpha value is 1.25. The van der Waals surface area contributed by atoms with E-state index in [9.17, 15) is 4.39 Å². The maximum absolute atomic E-state index is 13.4. The van der Waals surface area contributed by atoms with Crippen molar-refractivity contribution >= 4 is 11.6 Å². The number of hydrogen-bond acceptors (Lipinski definition) is 0. The van der Waals surface area contributed by atoms with Crippen LogP contribution in [0.15, 0.2) is 12.1 Å². The third kappa shape index (κ3) is 5.88. The van der Waals surface area contributed by atoms with Gasteiger partial charge in [0.15, 0.2) is 0 Å². The zero-order valence-electron chi connectivity index (χ0n) is 15.3. The normalized spacial score (nSPS) is 30.6. The van der Waals surface area contributed by atoms with Gasteiger partial charge in [-0.05, 0) is 67.2 Å². The van der Waals surface area contributed by atoms with Gasteiger partial charge in [-0.25, -0.2) is 4.39 Å². The summed E-state index contributed by atoms with van der Waals surface area (Å²) in [4.78, 5) is 0. The molecular weight excluding hydrogens is 392 g/mol. The third-order valence-electron chi connectivity index (χ3n) is 6.41. The Morgan fingerprint density at radius 1 is 1.04 bits per heavy atom. The fourth-order valence-corrected chi connectivity index (χ4v) is 4.96. The molecule has 0 radical (unpaired) electrons. The molecule has 2 saturated carbocycles. The van der Waals surface area contributed by atoms with Crippen LogP contribution in [0.1, 0.15) is 70.3 Å². The first kappa shape index (κ1) is 21.5. The first-order valence-electron chi connectivity index (χ1n) is 9.48. The molecule has 2 aliphatic carbocycles. The van der Waals surface area contributed by atoms with Crippen LogP contribution in [0.3, 0.4) is 0 Å². The Balaban J connectivity index is 0.00000208. The van der Waals surface area contributed by atoms with Crippen molar-refractivity contribution in [2.45, 2.75) is 71.1 Å². The van der Waals surface area contributed by atoms with Crippen molar-refractivity contribution in [2.75, 3.05) is 0 Å². The monoisotopic (exact) mass is 420 g/mol. The van der Waals surface area contributed by atoms with Gasteiger partial charge in [0.05, 0.1) is 0 Å². The van der Waals surface area contributed by atoms with Gasteiger partial charge in [-0.15, -0.1) is 11.6 Å². The summed E-state index contributed by atoms with van der Waals surface area (Å²) in [6.07, 6.45) is 13.4. The Labute approximate surface area is 201 Å².